The third kappa shape index (κ3) is 3.98. The normalized spacial score (nSPS) is 35.6. The third-order valence-corrected chi connectivity index (χ3v) is 8.13. The average molecular weight is 365 g/mol. The summed E-state index contributed by atoms with van der Waals surface area (Å²) in [6.07, 6.45) is 9.03. The van der Waals surface area contributed by atoms with Crippen molar-refractivity contribution in [2.45, 2.75) is 92.6 Å². The van der Waals surface area contributed by atoms with E-state index < -0.39 is 5.41 Å². The van der Waals surface area contributed by atoms with Crippen LogP contribution in [0.5, 0.6) is 0 Å². The van der Waals surface area contributed by atoms with Gasteiger partial charge in [-0.3, -0.25) is 4.79 Å². The molecule has 4 saturated carbocycles. The molecule has 0 saturated heterocycles. The Hall–Kier alpha value is -0.570. The molecule has 4 aliphatic carbocycles. The maximum Gasteiger partial charge on any atom is 0.314 e. The topological polar surface area (TPSA) is 35.5 Å². The van der Waals surface area contributed by atoms with Crippen molar-refractivity contribution >= 4 is 5.97 Å². The van der Waals surface area contributed by atoms with Crippen LogP contribution in [-0.4, -0.2) is 18.9 Å². The number of esters is 1. The first-order valence-corrected chi connectivity index (χ1v) is 10.9. The number of hydrogen-bond donors (Lipinski definition) is 0. The Balaban J connectivity index is 1.54. The largest absolute Gasteiger partial charge is 0.438 e. The standard InChI is InChI=1S/C23H40O3/c1-7-22(4,5)13-23(6,15(2)3)21(24)26-14-25-20-18-9-16-8-17(11-18)12-19(20)10-16/h15-20H,7-14H2,1-6H3. The van der Waals surface area contributed by atoms with Crippen LogP contribution in [0.15, 0.2) is 0 Å². The second kappa shape index (κ2) is 7.45. The molecule has 1 unspecified atom stereocenters. The van der Waals surface area contributed by atoms with Gasteiger partial charge in [-0.1, -0.05) is 41.0 Å². The molecule has 150 valence electrons. The molecule has 0 heterocycles. The first kappa shape index (κ1) is 20.2. The minimum absolute atomic E-state index is 0.0853. The molecular formula is C23H40O3. The Morgan fingerprint density at radius 1 is 1.00 bits per heavy atom. The van der Waals surface area contributed by atoms with Gasteiger partial charge in [-0.25, -0.2) is 0 Å². The Labute approximate surface area is 160 Å². The lowest BCUT2D eigenvalue weighted by atomic mass is 9.55. The summed E-state index contributed by atoms with van der Waals surface area (Å²) in [7, 11) is 0. The van der Waals surface area contributed by atoms with Gasteiger partial charge in [-0.2, -0.15) is 0 Å². The Morgan fingerprint density at radius 3 is 2.00 bits per heavy atom. The second-order valence-electron chi connectivity index (χ2n) is 10.9. The molecule has 0 radical (unpaired) electrons. The van der Waals surface area contributed by atoms with Crippen LogP contribution < -0.4 is 0 Å². The third-order valence-electron chi connectivity index (χ3n) is 8.13. The molecule has 0 spiro atoms. The highest BCUT2D eigenvalue weighted by Crippen LogP contribution is 2.54. The van der Waals surface area contributed by atoms with Crippen LogP contribution in [0.3, 0.4) is 0 Å². The quantitative estimate of drug-likeness (QED) is 0.402. The van der Waals surface area contributed by atoms with Crippen molar-refractivity contribution in [3.63, 3.8) is 0 Å². The van der Waals surface area contributed by atoms with Gasteiger partial charge in [0, 0.05) is 0 Å². The molecule has 3 heteroatoms. The number of hydrogen-bond acceptors (Lipinski definition) is 3. The molecule has 0 aliphatic heterocycles. The van der Waals surface area contributed by atoms with Gasteiger partial charge in [0.1, 0.15) is 0 Å². The molecule has 4 bridgehead atoms. The Morgan fingerprint density at radius 2 is 1.54 bits per heavy atom. The summed E-state index contributed by atoms with van der Waals surface area (Å²) in [4.78, 5) is 12.9. The van der Waals surface area contributed by atoms with Gasteiger partial charge in [-0.05, 0) is 80.5 Å². The van der Waals surface area contributed by atoms with E-state index in [1.54, 1.807) is 0 Å². The fraction of sp³-hybridized carbons (Fsp3) is 0.957. The van der Waals surface area contributed by atoms with E-state index in [0.29, 0.717) is 17.9 Å². The van der Waals surface area contributed by atoms with Gasteiger partial charge in [0.15, 0.2) is 6.79 Å². The summed E-state index contributed by atoms with van der Waals surface area (Å²) in [5, 5.41) is 0. The SMILES string of the molecule is CCC(C)(C)CC(C)(C(=O)OCOC1C2CC3CC(C2)CC1C3)C(C)C. The van der Waals surface area contributed by atoms with Crippen molar-refractivity contribution in [2.24, 2.45) is 40.4 Å². The summed E-state index contributed by atoms with van der Waals surface area (Å²) >= 11 is 0. The van der Waals surface area contributed by atoms with Crippen molar-refractivity contribution in [3.8, 4) is 0 Å². The lowest BCUT2D eigenvalue weighted by Crippen LogP contribution is -2.49. The van der Waals surface area contributed by atoms with Crippen molar-refractivity contribution in [1.82, 2.24) is 0 Å². The van der Waals surface area contributed by atoms with Gasteiger partial charge < -0.3 is 9.47 Å². The number of rotatable bonds is 8. The van der Waals surface area contributed by atoms with Crippen LogP contribution in [0.2, 0.25) is 0 Å². The molecule has 4 rings (SSSR count). The highest BCUT2D eigenvalue weighted by atomic mass is 16.7. The van der Waals surface area contributed by atoms with Crippen molar-refractivity contribution in [3.05, 3.63) is 0 Å². The number of carbonyl (C=O) groups excluding carboxylic acids is 1. The maximum absolute atomic E-state index is 12.9. The van der Waals surface area contributed by atoms with Crippen molar-refractivity contribution in [2.75, 3.05) is 6.79 Å². The zero-order valence-corrected chi connectivity index (χ0v) is 17.8. The van der Waals surface area contributed by atoms with E-state index in [2.05, 4.69) is 41.5 Å². The van der Waals surface area contributed by atoms with Gasteiger partial charge >= 0.3 is 5.97 Å². The molecule has 1 atom stereocenters. The van der Waals surface area contributed by atoms with Gasteiger partial charge in [0.2, 0.25) is 0 Å². The van der Waals surface area contributed by atoms with Crippen molar-refractivity contribution in [1.29, 1.82) is 0 Å². The molecule has 0 aromatic carbocycles. The monoisotopic (exact) mass is 364 g/mol. The summed E-state index contributed by atoms with van der Waals surface area (Å²) in [6, 6.07) is 0. The Kier molecular flexibility index (Phi) is 5.78. The van der Waals surface area contributed by atoms with Crippen LogP contribution in [0.1, 0.15) is 86.5 Å². The fourth-order valence-electron chi connectivity index (χ4n) is 6.11. The molecule has 0 aromatic rings. The predicted octanol–water partition coefficient (Wildman–Crippen LogP) is 5.82. The van der Waals surface area contributed by atoms with Crippen LogP contribution in [0.4, 0.5) is 0 Å². The molecular weight excluding hydrogens is 324 g/mol. The lowest BCUT2D eigenvalue weighted by molar-refractivity contribution is -0.196. The fourth-order valence-corrected chi connectivity index (χ4v) is 6.11. The number of carbonyl (C=O) groups is 1. The van der Waals surface area contributed by atoms with Crippen LogP contribution >= 0.6 is 0 Å². The predicted molar refractivity (Wildman–Crippen MR) is 105 cm³/mol. The molecule has 4 aliphatic rings. The summed E-state index contributed by atoms with van der Waals surface area (Å²) in [5.74, 6) is 3.47. The van der Waals surface area contributed by atoms with E-state index in [0.717, 1.165) is 24.7 Å². The zero-order valence-electron chi connectivity index (χ0n) is 17.8. The summed E-state index contributed by atoms with van der Waals surface area (Å²) in [6.45, 7) is 13.2. The average Bonchev–Trinajstić information content (AvgIpc) is 2.55. The molecule has 26 heavy (non-hydrogen) atoms. The minimum atomic E-state index is -0.451. The summed E-state index contributed by atoms with van der Waals surface area (Å²) < 4.78 is 11.9. The van der Waals surface area contributed by atoms with Gasteiger partial charge in [0.25, 0.3) is 0 Å². The Bertz CT molecular complexity index is 482. The highest BCUT2D eigenvalue weighted by Gasteiger charge is 2.49. The molecule has 0 amide bonds. The maximum atomic E-state index is 12.9. The molecule has 0 aromatic heterocycles. The molecule has 4 fully saturated rings. The summed E-state index contributed by atoms with van der Waals surface area (Å²) in [5.41, 5.74) is -0.312. The number of ether oxygens (including phenoxy) is 2. The van der Waals surface area contributed by atoms with Crippen LogP contribution in [-0.2, 0) is 14.3 Å². The molecule has 3 nitrogen and oxygen atoms in total. The van der Waals surface area contributed by atoms with Gasteiger partial charge in [-0.15, -0.1) is 0 Å². The van der Waals surface area contributed by atoms with E-state index in [1.807, 2.05) is 0 Å². The smallest absolute Gasteiger partial charge is 0.314 e. The van der Waals surface area contributed by atoms with E-state index in [9.17, 15) is 4.79 Å². The van der Waals surface area contributed by atoms with Crippen LogP contribution in [0.25, 0.3) is 0 Å². The molecule has 0 N–H and O–H groups in total. The highest BCUT2D eigenvalue weighted by molar-refractivity contribution is 5.76. The lowest BCUT2D eigenvalue weighted by Gasteiger charge is -2.53. The van der Waals surface area contributed by atoms with E-state index >= 15 is 0 Å². The van der Waals surface area contributed by atoms with E-state index in [-0.39, 0.29) is 24.1 Å². The van der Waals surface area contributed by atoms with E-state index in [1.165, 1.54) is 32.1 Å². The van der Waals surface area contributed by atoms with E-state index in [4.69, 9.17) is 9.47 Å². The van der Waals surface area contributed by atoms with Crippen molar-refractivity contribution < 1.29 is 14.3 Å². The van der Waals surface area contributed by atoms with Gasteiger partial charge in [0.05, 0.1) is 11.5 Å². The van der Waals surface area contributed by atoms with Crippen LogP contribution in [0, 0.1) is 40.4 Å². The minimum Gasteiger partial charge on any atom is -0.438 e. The second-order valence-corrected chi connectivity index (χ2v) is 10.9. The zero-order chi connectivity index (χ0) is 19.1. The first-order valence-electron chi connectivity index (χ1n) is 10.9. The first-order chi connectivity index (χ1) is 12.1.